The Bertz CT molecular complexity index is 1060. The van der Waals surface area contributed by atoms with Crippen molar-refractivity contribution in [1.82, 2.24) is 25.0 Å². The lowest BCUT2D eigenvalue weighted by Crippen LogP contribution is -2.36. The zero-order chi connectivity index (χ0) is 22.5. The first-order valence-electron chi connectivity index (χ1n) is 11.5. The summed E-state index contributed by atoms with van der Waals surface area (Å²) < 4.78 is 7.70. The van der Waals surface area contributed by atoms with E-state index in [4.69, 9.17) is 4.74 Å². The van der Waals surface area contributed by atoms with E-state index < -0.39 is 0 Å². The number of morpholine rings is 1. The topological polar surface area (TPSA) is 72.3 Å². The Morgan fingerprint density at radius 2 is 1.94 bits per heavy atom. The minimum atomic E-state index is 0.0197. The second-order valence-electron chi connectivity index (χ2n) is 8.48. The molecule has 1 saturated carbocycles. The first kappa shape index (κ1) is 22.6. The number of nitrogens with zero attached hydrogens (tertiary/aromatic N) is 4. The Morgan fingerprint density at radius 1 is 1.12 bits per heavy atom. The van der Waals surface area contributed by atoms with Gasteiger partial charge in [-0.05, 0) is 35.4 Å². The number of thioether (sulfide) groups is 1. The number of hydrogen-bond acceptors (Lipinski definition) is 7. The van der Waals surface area contributed by atoms with Gasteiger partial charge in [-0.2, -0.15) is 0 Å². The Kier molecular flexibility index (Phi) is 7.40. The molecule has 1 saturated heterocycles. The molecule has 1 N–H and O–H groups in total. The predicted octanol–water partition coefficient (Wildman–Crippen LogP) is 3.51. The average molecular weight is 484 g/mol. The first-order chi connectivity index (χ1) is 16.3. The Hall–Kier alpha value is -2.20. The smallest absolute Gasteiger partial charge is 0.230 e. The van der Waals surface area contributed by atoms with Crippen molar-refractivity contribution in [2.24, 2.45) is 0 Å². The number of benzene rings is 1. The summed E-state index contributed by atoms with van der Waals surface area (Å²) in [6.45, 7) is 4.91. The van der Waals surface area contributed by atoms with Gasteiger partial charge in [-0.25, -0.2) is 0 Å². The van der Waals surface area contributed by atoms with Gasteiger partial charge in [0.25, 0.3) is 0 Å². The van der Waals surface area contributed by atoms with Crippen molar-refractivity contribution in [3.63, 3.8) is 0 Å². The van der Waals surface area contributed by atoms with E-state index in [1.165, 1.54) is 27.8 Å². The van der Waals surface area contributed by atoms with E-state index in [2.05, 4.69) is 60.7 Å². The molecule has 0 unspecified atom stereocenters. The fourth-order valence-corrected chi connectivity index (χ4v) is 5.61. The zero-order valence-electron chi connectivity index (χ0n) is 18.6. The van der Waals surface area contributed by atoms with Crippen molar-refractivity contribution in [3.05, 3.63) is 63.6 Å². The number of thiophene rings is 1. The van der Waals surface area contributed by atoms with Crippen LogP contribution < -0.4 is 5.32 Å². The lowest BCUT2D eigenvalue weighted by molar-refractivity contribution is -0.118. The standard InChI is InChI=1S/C24H29N5O2S2/c30-23(25-15-18-4-1-2-5-19(18)16-28-9-11-31-12-10-28)17-33-24-27-26-22(29(24)20-7-8-20)14-21-6-3-13-32-21/h1-6,13,20H,7-12,14-17H2,(H,25,30). The molecule has 1 aromatic carbocycles. The van der Waals surface area contributed by atoms with Crippen LogP contribution in [0.1, 0.15) is 40.7 Å². The van der Waals surface area contributed by atoms with Gasteiger partial charge in [-0.3, -0.25) is 9.69 Å². The van der Waals surface area contributed by atoms with E-state index in [1.54, 1.807) is 11.3 Å². The van der Waals surface area contributed by atoms with Gasteiger partial charge in [-0.15, -0.1) is 21.5 Å². The molecule has 5 rings (SSSR count). The summed E-state index contributed by atoms with van der Waals surface area (Å²) in [4.78, 5) is 16.3. The van der Waals surface area contributed by atoms with Gasteiger partial charge in [0.2, 0.25) is 5.91 Å². The van der Waals surface area contributed by atoms with Crippen LogP contribution in [-0.2, 0) is 29.0 Å². The highest BCUT2D eigenvalue weighted by atomic mass is 32.2. The van der Waals surface area contributed by atoms with Crippen molar-refractivity contribution >= 4 is 29.0 Å². The SMILES string of the molecule is O=C(CSc1nnc(Cc2cccs2)n1C1CC1)NCc1ccccc1CN1CCOCC1. The van der Waals surface area contributed by atoms with Gasteiger partial charge in [0.15, 0.2) is 5.16 Å². The summed E-state index contributed by atoms with van der Waals surface area (Å²) in [5.74, 6) is 1.36. The van der Waals surface area contributed by atoms with E-state index >= 15 is 0 Å². The summed E-state index contributed by atoms with van der Waals surface area (Å²) in [6.07, 6.45) is 3.12. The number of nitrogens with one attached hydrogen (secondary N) is 1. The van der Waals surface area contributed by atoms with Gasteiger partial charge >= 0.3 is 0 Å². The molecule has 33 heavy (non-hydrogen) atoms. The minimum Gasteiger partial charge on any atom is -0.379 e. The molecule has 9 heteroatoms. The van der Waals surface area contributed by atoms with E-state index in [-0.39, 0.29) is 5.91 Å². The third-order valence-corrected chi connectivity index (χ3v) is 7.80. The van der Waals surface area contributed by atoms with Crippen molar-refractivity contribution in [2.75, 3.05) is 32.1 Å². The number of amides is 1. The number of ether oxygens (including phenoxy) is 1. The zero-order valence-corrected chi connectivity index (χ0v) is 20.2. The normalized spacial score (nSPS) is 16.7. The molecule has 0 spiro atoms. The summed E-state index contributed by atoms with van der Waals surface area (Å²) >= 11 is 3.22. The predicted molar refractivity (Wildman–Crippen MR) is 131 cm³/mol. The number of carbonyl (C=O) groups excluding carboxylic acids is 1. The molecule has 2 aliphatic rings. The van der Waals surface area contributed by atoms with Crippen molar-refractivity contribution in [3.8, 4) is 0 Å². The molecular formula is C24H29N5O2S2. The van der Waals surface area contributed by atoms with E-state index in [1.807, 2.05) is 6.07 Å². The molecule has 1 aliphatic carbocycles. The lowest BCUT2D eigenvalue weighted by atomic mass is 10.1. The fraction of sp³-hybridized carbons (Fsp3) is 0.458. The second kappa shape index (κ2) is 10.8. The summed E-state index contributed by atoms with van der Waals surface area (Å²) in [5.41, 5.74) is 2.43. The monoisotopic (exact) mass is 483 g/mol. The maximum Gasteiger partial charge on any atom is 0.230 e. The quantitative estimate of drug-likeness (QED) is 0.445. The lowest BCUT2D eigenvalue weighted by Gasteiger charge is -2.27. The van der Waals surface area contributed by atoms with E-state index in [9.17, 15) is 4.79 Å². The Balaban J connectivity index is 1.15. The van der Waals surface area contributed by atoms with Crippen LogP contribution >= 0.6 is 23.1 Å². The van der Waals surface area contributed by atoms with E-state index in [0.29, 0.717) is 18.3 Å². The molecular weight excluding hydrogens is 454 g/mol. The van der Waals surface area contributed by atoms with Gasteiger partial charge in [0.1, 0.15) is 5.82 Å². The third kappa shape index (κ3) is 6.03. The first-order valence-corrected chi connectivity index (χ1v) is 13.4. The van der Waals surface area contributed by atoms with Crippen molar-refractivity contribution < 1.29 is 9.53 Å². The van der Waals surface area contributed by atoms with Crippen molar-refractivity contribution in [2.45, 2.75) is 43.6 Å². The molecule has 2 fully saturated rings. The summed E-state index contributed by atoms with van der Waals surface area (Å²) in [6, 6.07) is 13.0. The average Bonchev–Trinajstić information content (AvgIpc) is 3.39. The van der Waals surface area contributed by atoms with Gasteiger partial charge in [0.05, 0.1) is 19.0 Å². The molecule has 1 amide bonds. The molecule has 174 valence electrons. The summed E-state index contributed by atoms with van der Waals surface area (Å²) in [5, 5.41) is 14.9. The maximum absolute atomic E-state index is 12.6. The molecule has 2 aromatic heterocycles. The van der Waals surface area contributed by atoms with Crippen molar-refractivity contribution in [1.29, 1.82) is 0 Å². The van der Waals surface area contributed by atoms with Gasteiger partial charge in [0, 0.05) is 43.5 Å². The molecule has 3 heterocycles. The number of rotatable bonds is 10. The second-order valence-corrected chi connectivity index (χ2v) is 10.5. The largest absolute Gasteiger partial charge is 0.379 e. The Labute approximate surface area is 202 Å². The van der Waals surface area contributed by atoms with Crippen LogP contribution in [0.25, 0.3) is 0 Å². The van der Waals surface area contributed by atoms with Gasteiger partial charge < -0.3 is 14.6 Å². The maximum atomic E-state index is 12.6. The molecule has 1 aliphatic heterocycles. The number of carbonyl (C=O) groups is 1. The van der Waals surface area contributed by atoms with Crippen LogP contribution in [0.15, 0.2) is 46.9 Å². The van der Waals surface area contributed by atoms with Crippen LogP contribution in [0.5, 0.6) is 0 Å². The van der Waals surface area contributed by atoms with Crippen LogP contribution in [0.3, 0.4) is 0 Å². The molecule has 3 aromatic rings. The minimum absolute atomic E-state index is 0.0197. The fourth-order valence-electron chi connectivity index (χ4n) is 4.05. The van der Waals surface area contributed by atoms with Crippen LogP contribution in [0, 0.1) is 0 Å². The summed E-state index contributed by atoms with van der Waals surface area (Å²) in [7, 11) is 0. The number of hydrogen-bond donors (Lipinski definition) is 1. The number of aromatic nitrogens is 3. The Morgan fingerprint density at radius 3 is 2.70 bits per heavy atom. The van der Waals surface area contributed by atoms with Gasteiger partial charge in [-0.1, -0.05) is 42.1 Å². The molecule has 7 nitrogen and oxygen atoms in total. The van der Waals surface area contributed by atoms with Crippen LogP contribution in [0.2, 0.25) is 0 Å². The highest BCUT2D eigenvalue weighted by Gasteiger charge is 2.30. The molecule has 0 radical (unpaired) electrons. The molecule has 0 atom stereocenters. The van der Waals surface area contributed by atoms with E-state index in [0.717, 1.165) is 63.1 Å². The highest BCUT2D eigenvalue weighted by molar-refractivity contribution is 7.99. The van der Waals surface area contributed by atoms with Crippen LogP contribution in [0.4, 0.5) is 0 Å². The molecule has 0 bridgehead atoms. The third-order valence-electron chi connectivity index (χ3n) is 5.98. The highest BCUT2D eigenvalue weighted by Crippen LogP contribution is 2.39. The van der Waals surface area contributed by atoms with Crippen LogP contribution in [-0.4, -0.2) is 57.6 Å².